The summed E-state index contributed by atoms with van der Waals surface area (Å²) in [4.78, 5) is 15.3. The second-order valence-corrected chi connectivity index (χ2v) is 15.9. The summed E-state index contributed by atoms with van der Waals surface area (Å²) in [5.74, 6) is 3.75. The number of piperidine rings is 2. The van der Waals surface area contributed by atoms with Gasteiger partial charge in [0.05, 0.1) is 67.0 Å². The summed E-state index contributed by atoms with van der Waals surface area (Å²) in [6.45, 7) is 9.19. The Kier molecular flexibility index (Phi) is 14.1. The molecular formula is C46H52Cl4N6O2. The molecule has 58 heavy (non-hydrogen) atoms. The Bertz CT molecular complexity index is 2570. The maximum atomic E-state index is 5.56. The standard InChI is InChI=1S/C46H50N6O2.4ClH/c1-53-35-5-9-41-37(27-35)45-39-29-51(21-15-33(39)3-7-43(45)47-41)25-23-49-17-11-31(12-18-49)32-13-19-50(20-14-32)24-26-52-22-16-34-4-8-44-46(40(34)30-52)38-28-36(54-2)6-10-42(38)48-44;;;;/h3-10,15,21-22,27-32,39H,11-14,16-20,23-26H2,1-2H3;4*1H/q+2;;;;/p-2. The van der Waals surface area contributed by atoms with Crippen LogP contribution in [-0.2, 0) is 6.42 Å². The molecule has 0 spiro atoms. The fraction of sp³-hybridized carbons (Fsp3) is 0.391. The van der Waals surface area contributed by atoms with Crippen LogP contribution < -0.4 is 55.4 Å². The first kappa shape index (κ1) is 43.8. The van der Waals surface area contributed by atoms with E-state index in [1.54, 1.807) is 14.2 Å². The number of halogens is 4. The van der Waals surface area contributed by atoms with Gasteiger partial charge in [0, 0.05) is 27.3 Å². The van der Waals surface area contributed by atoms with E-state index in [9.17, 15) is 0 Å². The van der Waals surface area contributed by atoms with Crippen LogP contribution in [0.5, 0.6) is 11.5 Å². The smallest absolute Gasteiger partial charge is 0.176 e. The summed E-state index contributed by atoms with van der Waals surface area (Å²) in [7, 11) is 3.47. The van der Waals surface area contributed by atoms with Gasteiger partial charge in [0.15, 0.2) is 31.7 Å². The lowest BCUT2D eigenvalue weighted by Gasteiger charge is -2.39. The number of likely N-dealkylation sites (tertiary alicyclic amines) is 2. The number of hydrogen-bond acceptors (Lipinski definition) is 6. The Morgan fingerprint density at radius 3 is 2.00 bits per heavy atom. The minimum Gasteiger partial charge on any atom is -1.00 e. The van der Waals surface area contributed by atoms with Crippen molar-refractivity contribution in [3.8, 4) is 11.5 Å². The molecule has 0 N–H and O–H groups in total. The zero-order chi connectivity index (χ0) is 36.2. The molecule has 0 saturated carbocycles. The van der Waals surface area contributed by atoms with Gasteiger partial charge in [-0.2, -0.15) is 0 Å². The number of allylic oxidation sites excluding steroid dienone is 5. The van der Waals surface area contributed by atoms with E-state index in [1.807, 2.05) is 12.1 Å². The third kappa shape index (κ3) is 8.34. The minimum absolute atomic E-state index is 0. The second-order valence-electron chi connectivity index (χ2n) is 15.9. The summed E-state index contributed by atoms with van der Waals surface area (Å²) < 4.78 is 16.0. The molecule has 1 unspecified atom stereocenters. The van der Waals surface area contributed by atoms with Gasteiger partial charge in [0.25, 0.3) is 0 Å². The highest BCUT2D eigenvalue weighted by molar-refractivity contribution is 5.88. The van der Waals surface area contributed by atoms with Crippen LogP contribution in [-0.4, -0.2) is 98.0 Å². The lowest BCUT2D eigenvalue weighted by molar-refractivity contribution is -0.455. The van der Waals surface area contributed by atoms with Crippen LogP contribution in [0.15, 0.2) is 94.2 Å². The molecule has 0 amide bonds. The fourth-order valence-electron chi connectivity index (χ4n) is 9.90. The van der Waals surface area contributed by atoms with Gasteiger partial charge in [-0.3, -0.25) is 9.80 Å². The number of nitrogens with zero attached hydrogens (tertiary/aromatic N) is 6. The molecule has 1 atom stereocenters. The van der Waals surface area contributed by atoms with E-state index in [-0.39, 0.29) is 55.5 Å². The fourth-order valence-corrected chi connectivity index (χ4v) is 9.90. The van der Waals surface area contributed by atoms with Gasteiger partial charge in [-0.15, -0.1) is 24.8 Å². The third-order valence-electron chi connectivity index (χ3n) is 13.1. The second kappa shape index (κ2) is 18.7. The molecule has 3 aromatic carbocycles. The van der Waals surface area contributed by atoms with Crippen LogP contribution in [0.1, 0.15) is 31.2 Å². The zero-order valence-corrected chi connectivity index (χ0v) is 36.3. The molecule has 0 bridgehead atoms. The van der Waals surface area contributed by atoms with Crippen LogP contribution in [0.4, 0.5) is 5.69 Å². The quantitative estimate of drug-likeness (QED) is 0.192. The van der Waals surface area contributed by atoms with E-state index < -0.39 is 0 Å². The molecule has 1 aliphatic carbocycles. The molecule has 7 aliphatic rings. The van der Waals surface area contributed by atoms with Gasteiger partial charge in [-0.1, -0.05) is 12.1 Å². The molecular weight excluding hydrogens is 810 g/mol. The maximum absolute atomic E-state index is 5.56. The highest BCUT2D eigenvalue weighted by Crippen LogP contribution is 2.35. The summed E-state index contributed by atoms with van der Waals surface area (Å²) in [5.41, 5.74) is 6.18. The van der Waals surface area contributed by atoms with Gasteiger partial charge in [-0.05, 0) is 123 Å². The van der Waals surface area contributed by atoms with Crippen molar-refractivity contribution in [1.29, 1.82) is 0 Å². The van der Waals surface area contributed by atoms with Gasteiger partial charge in [0.2, 0.25) is 0 Å². The Morgan fingerprint density at radius 1 is 0.724 bits per heavy atom. The number of methoxy groups -OCH3 is 2. The molecule has 2 fully saturated rings. The largest absolute Gasteiger partial charge is 1.00 e. The van der Waals surface area contributed by atoms with E-state index >= 15 is 0 Å². The Labute approximate surface area is 365 Å². The van der Waals surface area contributed by atoms with E-state index in [0.717, 1.165) is 78.0 Å². The highest BCUT2D eigenvalue weighted by atomic mass is 35.5. The van der Waals surface area contributed by atoms with Crippen LogP contribution >= 0.6 is 24.8 Å². The van der Waals surface area contributed by atoms with E-state index in [2.05, 4.69) is 98.4 Å². The lowest BCUT2D eigenvalue weighted by Crippen LogP contribution is -3.00. The highest BCUT2D eigenvalue weighted by Gasteiger charge is 2.33. The lowest BCUT2D eigenvalue weighted by atomic mass is 9.79. The van der Waals surface area contributed by atoms with Crippen LogP contribution in [0.2, 0.25) is 0 Å². The average Bonchev–Trinajstić information content (AvgIpc) is 3.80. The van der Waals surface area contributed by atoms with Crippen LogP contribution in [0, 0.1) is 28.2 Å². The molecule has 6 heterocycles. The van der Waals surface area contributed by atoms with E-state index in [4.69, 9.17) is 19.5 Å². The van der Waals surface area contributed by atoms with Crippen molar-refractivity contribution in [2.75, 3.05) is 66.6 Å². The van der Waals surface area contributed by atoms with Crippen molar-refractivity contribution >= 4 is 54.7 Å². The predicted molar refractivity (Wildman–Crippen MR) is 227 cm³/mol. The molecule has 6 aliphatic heterocycles. The first-order chi connectivity index (χ1) is 26.6. The van der Waals surface area contributed by atoms with Crippen molar-refractivity contribution in [1.82, 2.24) is 9.80 Å². The van der Waals surface area contributed by atoms with Crippen molar-refractivity contribution in [2.45, 2.75) is 32.1 Å². The van der Waals surface area contributed by atoms with Crippen LogP contribution in [0.25, 0.3) is 11.8 Å². The first-order valence-electron chi connectivity index (χ1n) is 20.0. The molecule has 3 aromatic rings. The Hall–Kier alpha value is -3.76. The van der Waals surface area contributed by atoms with E-state index in [1.165, 1.54) is 89.4 Å². The molecule has 10 rings (SSSR count). The van der Waals surface area contributed by atoms with Crippen LogP contribution in [0.3, 0.4) is 0 Å². The van der Waals surface area contributed by atoms with Gasteiger partial charge >= 0.3 is 0 Å². The summed E-state index contributed by atoms with van der Waals surface area (Å²) in [6.07, 6.45) is 22.4. The Morgan fingerprint density at radius 2 is 1.34 bits per heavy atom. The molecule has 2 saturated heterocycles. The molecule has 8 nitrogen and oxygen atoms in total. The maximum Gasteiger partial charge on any atom is 0.176 e. The minimum atomic E-state index is 0. The number of ether oxygens (including phenoxy) is 2. The number of rotatable bonds is 9. The molecule has 12 heteroatoms. The monoisotopic (exact) mass is 860 g/mol. The SMILES string of the molecule is COc1ccc2c(c1)=C1C(=CC=C3C=C[N+](CCN4CCC(C5CCN(CC[N+]6=CCc7ccc8c(c7=C6)=c6cc(OC)ccc6=N8)CC5)CC4)=CC31)N=2.Cl.Cl.[Cl-].[Cl-]. The number of hydrogen-bond donors (Lipinski definition) is 0. The van der Waals surface area contributed by atoms with E-state index in [0.29, 0.717) is 0 Å². The molecule has 306 valence electrons. The zero-order valence-electron chi connectivity index (χ0n) is 33.2. The van der Waals surface area contributed by atoms with Crippen molar-refractivity contribution < 1.29 is 43.4 Å². The predicted octanol–water partition coefficient (Wildman–Crippen LogP) is -1.56. The summed E-state index contributed by atoms with van der Waals surface area (Å²) in [5, 5.41) is 7.05. The van der Waals surface area contributed by atoms with Gasteiger partial charge in [0.1, 0.15) is 17.7 Å². The number of fused-ring (bicyclic) bond motifs is 8. The third-order valence-corrected chi connectivity index (χ3v) is 13.1. The van der Waals surface area contributed by atoms with Crippen molar-refractivity contribution in [3.63, 3.8) is 0 Å². The topological polar surface area (TPSA) is 55.7 Å². The number of benzene rings is 3. The first-order valence-corrected chi connectivity index (χ1v) is 20.0. The van der Waals surface area contributed by atoms with Gasteiger partial charge < -0.3 is 34.3 Å². The summed E-state index contributed by atoms with van der Waals surface area (Å²) >= 11 is 0. The van der Waals surface area contributed by atoms with Crippen molar-refractivity contribution in [2.24, 2.45) is 27.7 Å². The molecule has 0 aromatic heterocycles. The average molecular weight is 863 g/mol. The Balaban J connectivity index is 0.00000142. The van der Waals surface area contributed by atoms with Gasteiger partial charge in [-0.25, -0.2) is 19.1 Å². The molecule has 0 radical (unpaired) electrons. The van der Waals surface area contributed by atoms with Crippen molar-refractivity contribution in [3.05, 3.63) is 121 Å². The normalized spacial score (nSPS) is 20.3. The summed E-state index contributed by atoms with van der Waals surface area (Å²) in [6, 6.07) is 16.9.